The minimum Gasteiger partial charge on any atom is -0.103 e. The van der Waals surface area contributed by atoms with E-state index in [1.807, 2.05) is 0 Å². The number of hydrogen-bond acceptors (Lipinski definition) is 0. The largest absolute Gasteiger partial charge is 0.103 e. The predicted molar refractivity (Wildman–Crippen MR) is 80.2 cm³/mol. The van der Waals surface area contributed by atoms with Gasteiger partial charge in [-0.25, -0.2) is 0 Å². The molecule has 0 radical (unpaired) electrons. The molecule has 0 heterocycles. The molecule has 0 saturated carbocycles. The van der Waals surface area contributed by atoms with Crippen LogP contribution in [0.4, 0.5) is 0 Å². The molecule has 0 amide bonds. The molecule has 0 rings (SSSR count). The second-order valence-corrected chi connectivity index (χ2v) is 4.94. The third kappa shape index (κ3) is 8.01. The fourth-order valence-electron chi connectivity index (χ4n) is 2.50. The molecular weight excluding hydrogens is 204 g/mol. The molecule has 0 nitrogen and oxygen atoms in total. The monoisotopic (exact) mass is 234 g/mol. The second-order valence-electron chi connectivity index (χ2n) is 4.94. The van der Waals surface area contributed by atoms with Gasteiger partial charge in [0.05, 0.1) is 0 Å². The van der Waals surface area contributed by atoms with Crippen molar-refractivity contribution < 1.29 is 0 Å². The molecule has 0 aliphatic carbocycles. The standard InChI is InChI=1S/C17H30/c1-5-9-10-11-15-17(14-8-4)16(12-6-2)13-7-3/h6-8,16-17H,2-5,9-15H2,1H3. The van der Waals surface area contributed by atoms with Gasteiger partial charge in [-0.1, -0.05) is 50.8 Å². The van der Waals surface area contributed by atoms with E-state index in [1.165, 1.54) is 32.1 Å². The van der Waals surface area contributed by atoms with Gasteiger partial charge in [-0.2, -0.15) is 0 Å². The Morgan fingerprint density at radius 2 is 1.29 bits per heavy atom. The van der Waals surface area contributed by atoms with E-state index in [1.54, 1.807) is 0 Å². The van der Waals surface area contributed by atoms with Crippen LogP contribution < -0.4 is 0 Å². The predicted octanol–water partition coefficient (Wildman–Crippen LogP) is 5.92. The van der Waals surface area contributed by atoms with Gasteiger partial charge in [-0.15, -0.1) is 19.7 Å². The lowest BCUT2D eigenvalue weighted by atomic mass is 9.81. The summed E-state index contributed by atoms with van der Waals surface area (Å²) in [5, 5.41) is 0. The molecule has 0 fully saturated rings. The summed E-state index contributed by atoms with van der Waals surface area (Å²) in [6, 6.07) is 0. The average molecular weight is 234 g/mol. The summed E-state index contributed by atoms with van der Waals surface area (Å²) in [5.74, 6) is 1.48. The maximum atomic E-state index is 3.90. The van der Waals surface area contributed by atoms with Crippen LogP contribution in [0.5, 0.6) is 0 Å². The molecule has 98 valence electrons. The molecule has 1 atom stereocenters. The highest BCUT2D eigenvalue weighted by molar-refractivity contribution is 4.86. The first-order valence-electron chi connectivity index (χ1n) is 7.12. The highest BCUT2D eigenvalue weighted by atomic mass is 14.2. The summed E-state index contributed by atoms with van der Waals surface area (Å²) in [5.41, 5.74) is 0. The van der Waals surface area contributed by atoms with Gasteiger partial charge in [0.1, 0.15) is 0 Å². The summed E-state index contributed by atoms with van der Waals surface area (Å²) < 4.78 is 0. The highest BCUT2D eigenvalue weighted by Gasteiger charge is 2.17. The molecule has 0 spiro atoms. The zero-order valence-corrected chi connectivity index (χ0v) is 11.7. The lowest BCUT2D eigenvalue weighted by Gasteiger charge is -2.24. The van der Waals surface area contributed by atoms with Crippen molar-refractivity contribution in [3.63, 3.8) is 0 Å². The van der Waals surface area contributed by atoms with Crippen LogP contribution in [0.3, 0.4) is 0 Å². The fraction of sp³-hybridized carbons (Fsp3) is 0.647. The van der Waals surface area contributed by atoms with Crippen molar-refractivity contribution in [2.75, 3.05) is 0 Å². The van der Waals surface area contributed by atoms with E-state index in [9.17, 15) is 0 Å². The maximum absolute atomic E-state index is 3.90. The summed E-state index contributed by atoms with van der Waals surface area (Å²) in [6.07, 6.45) is 16.3. The van der Waals surface area contributed by atoms with Crippen molar-refractivity contribution >= 4 is 0 Å². The van der Waals surface area contributed by atoms with Crippen molar-refractivity contribution in [3.8, 4) is 0 Å². The summed E-state index contributed by atoms with van der Waals surface area (Å²) in [6.45, 7) is 13.9. The average Bonchev–Trinajstić information content (AvgIpc) is 2.33. The third-order valence-corrected chi connectivity index (χ3v) is 3.50. The van der Waals surface area contributed by atoms with Crippen molar-refractivity contribution in [2.45, 2.75) is 58.3 Å². The topological polar surface area (TPSA) is 0 Å². The molecule has 0 aliphatic rings. The number of allylic oxidation sites excluding steroid dienone is 3. The molecule has 0 aromatic rings. The van der Waals surface area contributed by atoms with Crippen molar-refractivity contribution in [1.29, 1.82) is 0 Å². The summed E-state index contributed by atoms with van der Waals surface area (Å²) in [7, 11) is 0. The van der Waals surface area contributed by atoms with Gasteiger partial charge in [0.2, 0.25) is 0 Å². The molecule has 17 heavy (non-hydrogen) atoms. The van der Waals surface area contributed by atoms with Crippen LogP contribution in [0.2, 0.25) is 0 Å². The van der Waals surface area contributed by atoms with Gasteiger partial charge in [-0.3, -0.25) is 0 Å². The molecule has 0 bridgehead atoms. The van der Waals surface area contributed by atoms with Crippen LogP contribution in [-0.2, 0) is 0 Å². The Kier molecular flexibility index (Phi) is 11.2. The molecule has 0 heteroatoms. The number of hydrogen-bond donors (Lipinski definition) is 0. The SMILES string of the molecule is C=CCC(CC=C)C(CC=C)CCCCCC. The Morgan fingerprint density at radius 1 is 0.765 bits per heavy atom. The highest BCUT2D eigenvalue weighted by Crippen LogP contribution is 2.29. The first-order valence-corrected chi connectivity index (χ1v) is 7.12. The molecule has 0 aliphatic heterocycles. The van der Waals surface area contributed by atoms with Crippen molar-refractivity contribution in [2.24, 2.45) is 11.8 Å². The van der Waals surface area contributed by atoms with Gasteiger partial charge in [0.15, 0.2) is 0 Å². The van der Waals surface area contributed by atoms with E-state index in [-0.39, 0.29) is 0 Å². The summed E-state index contributed by atoms with van der Waals surface area (Å²) in [4.78, 5) is 0. The van der Waals surface area contributed by atoms with Crippen LogP contribution in [-0.4, -0.2) is 0 Å². The van der Waals surface area contributed by atoms with Crippen LogP contribution in [0.15, 0.2) is 38.0 Å². The van der Waals surface area contributed by atoms with Gasteiger partial charge in [-0.05, 0) is 37.5 Å². The van der Waals surface area contributed by atoms with Crippen molar-refractivity contribution in [3.05, 3.63) is 38.0 Å². The molecular formula is C17H30. The molecule has 0 N–H and O–H groups in total. The summed E-state index contributed by atoms with van der Waals surface area (Å²) >= 11 is 0. The van der Waals surface area contributed by atoms with Gasteiger partial charge >= 0.3 is 0 Å². The van der Waals surface area contributed by atoms with E-state index in [0.717, 1.165) is 25.2 Å². The Morgan fingerprint density at radius 3 is 1.76 bits per heavy atom. The Hall–Kier alpha value is -0.780. The van der Waals surface area contributed by atoms with E-state index in [4.69, 9.17) is 0 Å². The Balaban J connectivity index is 4.17. The normalized spacial score (nSPS) is 12.4. The molecule has 0 aromatic carbocycles. The third-order valence-electron chi connectivity index (χ3n) is 3.50. The number of unbranched alkanes of at least 4 members (excludes halogenated alkanes) is 3. The van der Waals surface area contributed by atoms with Crippen LogP contribution in [0.25, 0.3) is 0 Å². The van der Waals surface area contributed by atoms with Gasteiger partial charge in [0.25, 0.3) is 0 Å². The second kappa shape index (κ2) is 11.7. The van der Waals surface area contributed by atoms with E-state index in [0.29, 0.717) is 5.92 Å². The van der Waals surface area contributed by atoms with E-state index in [2.05, 4.69) is 44.9 Å². The lowest BCUT2D eigenvalue weighted by Crippen LogP contribution is -2.13. The maximum Gasteiger partial charge on any atom is -0.0314 e. The van der Waals surface area contributed by atoms with Gasteiger partial charge < -0.3 is 0 Å². The minimum atomic E-state index is 0.713. The van der Waals surface area contributed by atoms with Crippen LogP contribution in [0, 0.1) is 11.8 Å². The quantitative estimate of drug-likeness (QED) is 0.290. The smallest absolute Gasteiger partial charge is 0.0314 e. The Labute approximate surface area is 109 Å². The fourth-order valence-corrected chi connectivity index (χ4v) is 2.50. The van der Waals surface area contributed by atoms with Gasteiger partial charge in [0, 0.05) is 0 Å². The lowest BCUT2D eigenvalue weighted by molar-refractivity contribution is 0.308. The van der Waals surface area contributed by atoms with E-state index >= 15 is 0 Å². The number of rotatable bonds is 12. The minimum absolute atomic E-state index is 0.713. The Bertz CT molecular complexity index is 192. The zero-order valence-electron chi connectivity index (χ0n) is 11.7. The first-order chi connectivity index (χ1) is 8.29. The van der Waals surface area contributed by atoms with Crippen LogP contribution in [0.1, 0.15) is 58.3 Å². The molecule has 0 aromatic heterocycles. The van der Waals surface area contributed by atoms with Crippen molar-refractivity contribution in [1.82, 2.24) is 0 Å². The van der Waals surface area contributed by atoms with Crippen LogP contribution >= 0.6 is 0 Å². The zero-order chi connectivity index (χ0) is 12.9. The molecule has 1 unspecified atom stereocenters. The first kappa shape index (κ1) is 16.2. The van der Waals surface area contributed by atoms with E-state index < -0.39 is 0 Å². The molecule has 0 saturated heterocycles.